The fourth-order valence-corrected chi connectivity index (χ4v) is 1.30. The molecule has 0 aliphatic rings. The molecule has 0 saturated heterocycles. The Balaban J connectivity index is 2.68. The number of carbonyl (C=O) groups is 1. The molecule has 0 atom stereocenters. The van der Waals surface area contributed by atoms with Crippen LogP contribution in [-0.2, 0) is 0 Å². The van der Waals surface area contributed by atoms with Crippen LogP contribution < -0.4 is 15.9 Å². The summed E-state index contributed by atoms with van der Waals surface area (Å²) >= 11 is 0. The smallest absolute Gasteiger partial charge is 0.332 e. The van der Waals surface area contributed by atoms with Gasteiger partial charge in [-0.2, -0.15) is 5.10 Å². The van der Waals surface area contributed by atoms with Gasteiger partial charge in [0.2, 0.25) is 0 Å². The molecule has 92 valence electrons. The minimum absolute atomic E-state index is 0.680. The third-order valence-electron chi connectivity index (χ3n) is 2.05. The topological polar surface area (TPSA) is 76.7 Å². The number of rotatable bonds is 5. The number of ether oxygens (including phenoxy) is 1. The van der Waals surface area contributed by atoms with Crippen molar-refractivity contribution in [1.82, 2.24) is 5.43 Å². The summed E-state index contributed by atoms with van der Waals surface area (Å²) in [6.45, 7) is 4.73. The van der Waals surface area contributed by atoms with E-state index in [0.29, 0.717) is 6.61 Å². The Morgan fingerprint density at radius 3 is 2.94 bits per heavy atom. The fourth-order valence-electron chi connectivity index (χ4n) is 1.30. The first-order chi connectivity index (χ1) is 8.13. The molecule has 1 rings (SSSR count). The van der Waals surface area contributed by atoms with E-state index in [2.05, 4.69) is 17.5 Å². The van der Waals surface area contributed by atoms with Crippen LogP contribution in [0.15, 0.2) is 23.3 Å². The van der Waals surface area contributed by atoms with Gasteiger partial charge in [-0.05, 0) is 42.7 Å². The Hall–Kier alpha value is -2.04. The molecule has 0 saturated carbocycles. The van der Waals surface area contributed by atoms with Crippen molar-refractivity contribution in [1.29, 1.82) is 0 Å². The van der Waals surface area contributed by atoms with Gasteiger partial charge in [0.1, 0.15) is 5.75 Å². The number of primary amides is 1. The van der Waals surface area contributed by atoms with Gasteiger partial charge in [-0.3, -0.25) is 0 Å². The molecule has 0 radical (unpaired) electrons. The zero-order valence-corrected chi connectivity index (χ0v) is 10.1. The molecule has 0 fully saturated rings. The van der Waals surface area contributed by atoms with Gasteiger partial charge in [0.05, 0.1) is 12.8 Å². The summed E-state index contributed by atoms with van der Waals surface area (Å²) in [5.74, 6) is 0.867. The molecule has 1 aromatic rings. The first-order valence-corrected chi connectivity index (χ1v) is 5.45. The number of hydrogen-bond donors (Lipinski definition) is 2. The van der Waals surface area contributed by atoms with Crippen LogP contribution >= 0.6 is 0 Å². The molecule has 0 bridgehead atoms. The summed E-state index contributed by atoms with van der Waals surface area (Å²) in [7, 11) is 0. The number of benzene rings is 1. The van der Waals surface area contributed by atoms with Crippen molar-refractivity contribution in [3.8, 4) is 5.75 Å². The van der Waals surface area contributed by atoms with E-state index >= 15 is 0 Å². The standard InChI is InChI=1S/C12H17N3O2/c1-3-6-17-11-5-4-10(7-9(11)2)8-14-15-12(13)16/h4-5,7-8H,3,6H2,1-2H3,(H3,13,15,16). The summed E-state index contributed by atoms with van der Waals surface area (Å²) in [6.07, 6.45) is 2.51. The van der Waals surface area contributed by atoms with Gasteiger partial charge in [0, 0.05) is 0 Å². The van der Waals surface area contributed by atoms with E-state index in [1.807, 2.05) is 25.1 Å². The highest BCUT2D eigenvalue weighted by atomic mass is 16.5. The highest BCUT2D eigenvalue weighted by Crippen LogP contribution is 2.18. The van der Waals surface area contributed by atoms with Gasteiger partial charge in [0.15, 0.2) is 0 Å². The van der Waals surface area contributed by atoms with E-state index < -0.39 is 6.03 Å². The summed E-state index contributed by atoms with van der Waals surface area (Å²) in [5.41, 5.74) is 8.93. The molecule has 0 aliphatic heterocycles. The largest absolute Gasteiger partial charge is 0.493 e. The average Bonchev–Trinajstić information content (AvgIpc) is 2.27. The number of amides is 2. The van der Waals surface area contributed by atoms with Crippen molar-refractivity contribution in [2.45, 2.75) is 20.3 Å². The maximum absolute atomic E-state index is 10.4. The Morgan fingerprint density at radius 1 is 1.59 bits per heavy atom. The maximum Gasteiger partial charge on any atom is 0.332 e. The summed E-state index contributed by atoms with van der Waals surface area (Å²) in [6, 6.07) is 5.00. The lowest BCUT2D eigenvalue weighted by atomic mass is 10.1. The van der Waals surface area contributed by atoms with Gasteiger partial charge in [-0.15, -0.1) is 0 Å². The average molecular weight is 235 g/mol. The third-order valence-corrected chi connectivity index (χ3v) is 2.05. The Labute approximate surface area is 101 Å². The second-order valence-corrected chi connectivity index (χ2v) is 3.61. The summed E-state index contributed by atoms with van der Waals surface area (Å²) in [4.78, 5) is 10.4. The van der Waals surface area contributed by atoms with Crippen molar-refractivity contribution >= 4 is 12.2 Å². The number of nitrogens with one attached hydrogen (secondary N) is 1. The Kier molecular flexibility index (Phi) is 5.00. The van der Waals surface area contributed by atoms with Gasteiger partial charge in [-0.25, -0.2) is 10.2 Å². The Morgan fingerprint density at radius 2 is 2.35 bits per heavy atom. The lowest BCUT2D eigenvalue weighted by Gasteiger charge is -2.08. The predicted molar refractivity (Wildman–Crippen MR) is 67.3 cm³/mol. The van der Waals surface area contributed by atoms with E-state index in [1.165, 1.54) is 6.21 Å². The fraction of sp³-hybridized carbons (Fsp3) is 0.333. The number of urea groups is 1. The number of hydrogen-bond acceptors (Lipinski definition) is 3. The van der Waals surface area contributed by atoms with Crippen LogP contribution in [0.3, 0.4) is 0 Å². The number of nitrogens with zero attached hydrogens (tertiary/aromatic N) is 1. The molecular weight excluding hydrogens is 218 g/mol. The van der Waals surface area contributed by atoms with Crippen molar-refractivity contribution in [3.05, 3.63) is 29.3 Å². The zero-order chi connectivity index (χ0) is 12.7. The van der Waals surface area contributed by atoms with Gasteiger partial charge < -0.3 is 10.5 Å². The van der Waals surface area contributed by atoms with Crippen molar-refractivity contribution in [2.24, 2.45) is 10.8 Å². The van der Waals surface area contributed by atoms with Gasteiger partial charge in [0.25, 0.3) is 0 Å². The molecule has 0 unspecified atom stereocenters. The second-order valence-electron chi connectivity index (χ2n) is 3.61. The molecule has 1 aromatic carbocycles. The molecule has 0 spiro atoms. The predicted octanol–water partition coefficient (Wildman–Crippen LogP) is 1.79. The molecule has 3 N–H and O–H groups in total. The van der Waals surface area contributed by atoms with E-state index in [4.69, 9.17) is 10.5 Å². The zero-order valence-electron chi connectivity index (χ0n) is 10.1. The highest BCUT2D eigenvalue weighted by molar-refractivity contribution is 5.82. The van der Waals surface area contributed by atoms with E-state index in [0.717, 1.165) is 23.3 Å². The highest BCUT2D eigenvalue weighted by Gasteiger charge is 1.99. The van der Waals surface area contributed by atoms with Gasteiger partial charge in [-0.1, -0.05) is 6.92 Å². The lowest BCUT2D eigenvalue weighted by molar-refractivity contribution is 0.249. The first-order valence-electron chi connectivity index (χ1n) is 5.45. The van der Waals surface area contributed by atoms with Crippen molar-refractivity contribution in [2.75, 3.05) is 6.61 Å². The molecule has 2 amide bonds. The Bertz CT molecular complexity index is 416. The van der Waals surface area contributed by atoms with Gasteiger partial charge >= 0.3 is 6.03 Å². The molecule has 0 aromatic heterocycles. The molecule has 17 heavy (non-hydrogen) atoms. The van der Waals surface area contributed by atoms with Crippen LogP contribution in [-0.4, -0.2) is 18.9 Å². The maximum atomic E-state index is 10.4. The van der Waals surface area contributed by atoms with Crippen LogP contribution in [0.5, 0.6) is 5.75 Å². The SMILES string of the molecule is CCCOc1ccc(C=NNC(N)=O)cc1C. The van der Waals surface area contributed by atoms with Crippen LogP contribution in [0.2, 0.25) is 0 Å². The quantitative estimate of drug-likeness (QED) is 0.603. The summed E-state index contributed by atoms with van der Waals surface area (Å²) < 4.78 is 5.55. The molecule has 5 heteroatoms. The number of aryl methyl sites for hydroxylation is 1. The third kappa shape index (κ3) is 4.55. The summed E-state index contributed by atoms with van der Waals surface area (Å²) in [5, 5.41) is 3.68. The second kappa shape index (κ2) is 6.52. The normalized spacial score (nSPS) is 10.5. The van der Waals surface area contributed by atoms with E-state index in [-0.39, 0.29) is 0 Å². The minimum Gasteiger partial charge on any atom is -0.493 e. The van der Waals surface area contributed by atoms with Crippen molar-refractivity contribution < 1.29 is 9.53 Å². The first kappa shape index (κ1) is 13.0. The lowest BCUT2D eigenvalue weighted by Crippen LogP contribution is -2.24. The number of carbonyl (C=O) groups excluding carboxylic acids is 1. The number of hydrazone groups is 1. The van der Waals surface area contributed by atoms with Crippen LogP contribution in [0.1, 0.15) is 24.5 Å². The molecule has 5 nitrogen and oxygen atoms in total. The van der Waals surface area contributed by atoms with Crippen LogP contribution in [0.25, 0.3) is 0 Å². The van der Waals surface area contributed by atoms with Crippen LogP contribution in [0, 0.1) is 6.92 Å². The molecule has 0 aliphatic carbocycles. The minimum atomic E-state index is -0.680. The number of nitrogens with two attached hydrogens (primary N) is 1. The van der Waals surface area contributed by atoms with E-state index in [9.17, 15) is 4.79 Å². The van der Waals surface area contributed by atoms with Crippen LogP contribution in [0.4, 0.5) is 4.79 Å². The van der Waals surface area contributed by atoms with Crippen molar-refractivity contribution in [3.63, 3.8) is 0 Å². The van der Waals surface area contributed by atoms with E-state index in [1.54, 1.807) is 0 Å². The monoisotopic (exact) mass is 235 g/mol. The molecular formula is C12H17N3O2. The molecule has 0 heterocycles.